The van der Waals surface area contributed by atoms with Crippen LogP contribution in [-0.4, -0.2) is 26.9 Å². The molecule has 0 bridgehead atoms. The number of likely N-dealkylation sites (tertiary alicyclic amines) is 1. The van der Waals surface area contributed by atoms with E-state index in [1.807, 2.05) is 48.6 Å². The van der Waals surface area contributed by atoms with Crippen LogP contribution in [0.5, 0.6) is 0 Å². The van der Waals surface area contributed by atoms with Crippen molar-refractivity contribution in [3.8, 4) is 17.3 Å². The van der Waals surface area contributed by atoms with Crippen LogP contribution in [0.1, 0.15) is 51.3 Å². The van der Waals surface area contributed by atoms with Crippen molar-refractivity contribution in [1.82, 2.24) is 14.5 Å². The molecule has 3 rings (SSSR count). The van der Waals surface area contributed by atoms with Crippen molar-refractivity contribution in [3.63, 3.8) is 0 Å². The van der Waals surface area contributed by atoms with E-state index in [0.29, 0.717) is 6.42 Å². The third-order valence-electron chi connectivity index (χ3n) is 5.31. The molecular weight excluding hydrogens is 324 g/mol. The zero-order valence-electron chi connectivity index (χ0n) is 15.6. The molecule has 1 aromatic carbocycles. The van der Waals surface area contributed by atoms with Gasteiger partial charge in [0.25, 0.3) is 0 Å². The Morgan fingerprint density at radius 3 is 2.81 bits per heavy atom. The number of aromatic nitrogens is 2. The number of benzene rings is 1. The maximum absolute atomic E-state index is 12.9. The normalized spacial score (nSPS) is 18.3. The molecule has 1 fully saturated rings. The molecule has 2 aromatic rings. The smallest absolute Gasteiger partial charge is 0.227 e. The molecule has 1 aromatic heterocycles. The Hall–Kier alpha value is -2.61. The first-order valence-corrected chi connectivity index (χ1v) is 9.44. The number of hydrogen-bond donors (Lipinski definition) is 0. The summed E-state index contributed by atoms with van der Waals surface area (Å²) in [6, 6.07) is 10.2. The van der Waals surface area contributed by atoms with Gasteiger partial charge in [0.2, 0.25) is 5.91 Å². The van der Waals surface area contributed by atoms with E-state index >= 15 is 0 Å². The highest BCUT2D eigenvalue weighted by Gasteiger charge is 2.31. The molecule has 1 amide bonds. The quantitative estimate of drug-likeness (QED) is 0.813. The number of nitriles is 1. The number of rotatable bonds is 5. The lowest BCUT2D eigenvalue weighted by atomic mass is 10.0. The van der Waals surface area contributed by atoms with Crippen LogP contribution in [0.15, 0.2) is 36.8 Å². The molecule has 2 atom stereocenters. The molecule has 2 heterocycles. The fourth-order valence-corrected chi connectivity index (χ4v) is 3.57. The van der Waals surface area contributed by atoms with Crippen molar-refractivity contribution in [1.29, 1.82) is 5.26 Å². The fraction of sp³-hybridized carbons (Fsp3) is 0.476. The Balaban J connectivity index is 1.90. The number of carbonyl (C=O) groups is 1. The predicted molar refractivity (Wildman–Crippen MR) is 101 cm³/mol. The molecular formula is C21H26N4O. The van der Waals surface area contributed by atoms with Gasteiger partial charge in [0.1, 0.15) is 6.17 Å². The second-order valence-electron chi connectivity index (χ2n) is 7.04. The maximum atomic E-state index is 12.9. The second kappa shape index (κ2) is 8.18. The van der Waals surface area contributed by atoms with Gasteiger partial charge in [-0.05, 0) is 36.8 Å². The van der Waals surface area contributed by atoms with Gasteiger partial charge in [-0.1, -0.05) is 38.1 Å². The first-order chi connectivity index (χ1) is 12.7. The highest BCUT2D eigenvalue weighted by Crippen LogP contribution is 2.32. The average Bonchev–Trinajstić information content (AvgIpc) is 3.17. The van der Waals surface area contributed by atoms with Gasteiger partial charge in [-0.25, -0.2) is 4.98 Å². The molecule has 5 heteroatoms. The molecule has 0 radical (unpaired) electrons. The summed E-state index contributed by atoms with van der Waals surface area (Å²) < 4.78 is 2.14. The van der Waals surface area contributed by atoms with Crippen LogP contribution in [0.2, 0.25) is 0 Å². The molecule has 1 aliphatic heterocycles. The Morgan fingerprint density at radius 2 is 2.12 bits per heavy atom. The summed E-state index contributed by atoms with van der Waals surface area (Å²) in [4.78, 5) is 19.3. The first kappa shape index (κ1) is 18.2. The molecule has 136 valence electrons. The summed E-state index contributed by atoms with van der Waals surface area (Å²) in [5, 5.41) is 8.83. The largest absolute Gasteiger partial charge is 0.322 e. The molecule has 1 saturated heterocycles. The highest BCUT2D eigenvalue weighted by atomic mass is 16.2. The molecule has 2 unspecified atom stereocenters. The monoisotopic (exact) mass is 350 g/mol. The van der Waals surface area contributed by atoms with Crippen molar-refractivity contribution in [2.24, 2.45) is 5.92 Å². The van der Waals surface area contributed by atoms with Crippen LogP contribution < -0.4 is 0 Å². The molecule has 0 saturated carbocycles. The van der Waals surface area contributed by atoms with Crippen molar-refractivity contribution < 1.29 is 4.79 Å². The van der Waals surface area contributed by atoms with Gasteiger partial charge in [0.05, 0.1) is 30.7 Å². The lowest BCUT2D eigenvalue weighted by Gasteiger charge is -2.38. The summed E-state index contributed by atoms with van der Waals surface area (Å²) >= 11 is 0. The Morgan fingerprint density at radius 1 is 1.35 bits per heavy atom. The SMILES string of the molecule is CCC(C)C(=O)N1CCCCC1n1cncc1-c1ccc(CC#N)cc1. The minimum Gasteiger partial charge on any atom is -0.322 e. The molecule has 0 N–H and O–H groups in total. The summed E-state index contributed by atoms with van der Waals surface area (Å²) in [5.74, 6) is 0.286. The highest BCUT2D eigenvalue weighted by molar-refractivity contribution is 5.78. The van der Waals surface area contributed by atoms with Crippen LogP contribution in [0.25, 0.3) is 11.3 Å². The van der Waals surface area contributed by atoms with Gasteiger partial charge in [0, 0.05) is 12.5 Å². The topological polar surface area (TPSA) is 61.9 Å². The molecule has 1 aliphatic rings. The molecule has 5 nitrogen and oxygen atoms in total. The van der Waals surface area contributed by atoms with Gasteiger partial charge < -0.3 is 9.47 Å². The van der Waals surface area contributed by atoms with E-state index in [9.17, 15) is 4.79 Å². The number of amides is 1. The predicted octanol–water partition coefficient (Wildman–Crippen LogP) is 4.17. The average molecular weight is 350 g/mol. The van der Waals surface area contributed by atoms with Crippen molar-refractivity contribution >= 4 is 5.91 Å². The maximum Gasteiger partial charge on any atom is 0.227 e. The van der Waals surface area contributed by atoms with E-state index in [1.54, 1.807) is 0 Å². The number of nitrogens with zero attached hydrogens (tertiary/aromatic N) is 4. The number of carbonyl (C=O) groups excluding carboxylic acids is 1. The number of imidazole rings is 1. The standard InChI is InChI=1S/C21H26N4O/c1-3-16(2)21(26)24-13-5-4-6-20(24)25-15-23-14-19(25)18-9-7-17(8-10-18)11-12-22/h7-10,14-16,20H,3-6,11,13H2,1-2H3. The van der Waals surface area contributed by atoms with Crippen LogP contribution in [-0.2, 0) is 11.2 Å². The fourth-order valence-electron chi connectivity index (χ4n) is 3.57. The van der Waals surface area contributed by atoms with E-state index in [1.165, 1.54) is 0 Å². The third-order valence-corrected chi connectivity index (χ3v) is 5.31. The van der Waals surface area contributed by atoms with E-state index < -0.39 is 0 Å². The summed E-state index contributed by atoms with van der Waals surface area (Å²) in [6.45, 7) is 4.89. The lowest BCUT2D eigenvalue weighted by molar-refractivity contribution is -0.141. The van der Waals surface area contributed by atoms with Gasteiger partial charge >= 0.3 is 0 Å². The molecule has 0 spiro atoms. The van der Waals surface area contributed by atoms with Crippen LogP contribution in [0.4, 0.5) is 0 Å². The van der Waals surface area contributed by atoms with E-state index in [-0.39, 0.29) is 18.0 Å². The summed E-state index contributed by atoms with van der Waals surface area (Å²) in [7, 11) is 0. The van der Waals surface area contributed by atoms with E-state index in [4.69, 9.17) is 5.26 Å². The van der Waals surface area contributed by atoms with Crippen LogP contribution >= 0.6 is 0 Å². The van der Waals surface area contributed by atoms with E-state index in [2.05, 4.69) is 22.5 Å². The van der Waals surface area contributed by atoms with Crippen molar-refractivity contribution in [2.45, 2.75) is 52.1 Å². The number of hydrogen-bond acceptors (Lipinski definition) is 3. The van der Waals surface area contributed by atoms with Gasteiger partial charge in [0.15, 0.2) is 0 Å². The minimum atomic E-state index is 0.0292. The third kappa shape index (κ3) is 3.65. The van der Waals surface area contributed by atoms with Crippen molar-refractivity contribution in [2.75, 3.05) is 6.54 Å². The summed E-state index contributed by atoms with van der Waals surface area (Å²) in [6.07, 6.45) is 8.14. The van der Waals surface area contributed by atoms with Crippen LogP contribution in [0, 0.1) is 17.2 Å². The van der Waals surface area contributed by atoms with Gasteiger partial charge in [-0.2, -0.15) is 5.26 Å². The van der Waals surface area contributed by atoms with Gasteiger partial charge in [-0.3, -0.25) is 4.79 Å². The Labute approximate surface area is 155 Å². The van der Waals surface area contributed by atoms with E-state index in [0.717, 1.165) is 49.0 Å². The first-order valence-electron chi connectivity index (χ1n) is 9.44. The van der Waals surface area contributed by atoms with Gasteiger partial charge in [-0.15, -0.1) is 0 Å². The molecule has 26 heavy (non-hydrogen) atoms. The Kier molecular flexibility index (Phi) is 5.72. The zero-order chi connectivity index (χ0) is 18.5. The lowest BCUT2D eigenvalue weighted by Crippen LogP contribution is -2.43. The van der Waals surface area contributed by atoms with Crippen molar-refractivity contribution in [3.05, 3.63) is 42.4 Å². The molecule has 0 aliphatic carbocycles. The summed E-state index contributed by atoms with van der Waals surface area (Å²) in [5.41, 5.74) is 3.08. The Bertz CT molecular complexity index is 787. The number of piperidine rings is 1. The zero-order valence-corrected chi connectivity index (χ0v) is 15.6. The second-order valence-corrected chi connectivity index (χ2v) is 7.04. The van der Waals surface area contributed by atoms with Crippen LogP contribution in [0.3, 0.4) is 0 Å². The minimum absolute atomic E-state index is 0.0292.